The molecule has 0 saturated heterocycles. The van der Waals surface area contributed by atoms with Crippen molar-refractivity contribution in [3.63, 3.8) is 0 Å². The number of rotatable bonds is 4. The molecule has 90 valence electrons. The highest BCUT2D eigenvalue weighted by molar-refractivity contribution is 7.92. The number of pyridine rings is 1. The van der Waals surface area contributed by atoms with Crippen LogP contribution in [0, 0.1) is 6.92 Å². The monoisotopic (exact) mass is 242 g/mol. The van der Waals surface area contributed by atoms with Gasteiger partial charge in [0.05, 0.1) is 16.6 Å². The molecule has 4 nitrogen and oxygen atoms in total. The van der Waals surface area contributed by atoms with Crippen LogP contribution in [-0.4, -0.2) is 30.9 Å². The Bertz CT molecular complexity index is 449. The third-order valence-corrected chi connectivity index (χ3v) is 4.79. The van der Waals surface area contributed by atoms with Crippen LogP contribution < -0.4 is 5.32 Å². The summed E-state index contributed by atoms with van der Waals surface area (Å²) >= 11 is 0. The largest absolute Gasteiger partial charge is 0.382 e. The van der Waals surface area contributed by atoms with E-state index in [-0.39, 0.29) is 0 Å². The fraction of sp³-hybridized carbons (Fsp3) is 0.545. The predicted octanol–water partition coefficient (Wildman–Crippen LogP) is 1.63. The molecular weight excluding hydrogens is 224 g/mol. The molecule has 0 atom stereocenters. The van der Waals surface area contributed by atoms with Gasteiger partial charge in [-0.1, -0.05) is 0 Å². The van der Waals surface area contributed by atoms with Gasteiger partial charge in [0, 0.05) is 18.5 Å². The molecule has 16 heavy (non-hydrogen) atoms. The van der Waals surface area contributed by atoms with Gasteiger partial charge in [-0.25, -0.2) is 8.42 Å². The highest BCUT2D eigenvalue weighted by atomic mass is 32.2. The molecule has 0 unspecified atom stereocenters. The van der Waals surface area contributed by atoms with Gasteiger partial charge in [0.15, 0.2) is 9.84 Å². The Morgan fingerprint density at radius 3 is 2.44 bits per heavy atom. The van der Waals surface area contributed by atoms with Gasteiger partial charge in [0.2, 0.25) is 0 Å². The molecule has 1 aromatic heterocycles. The molecule has 5 heteroatoms. The summed E-state index contributed by atoms with van der Waals surface area (Å²) in [5.74, 6) is 0. The lowest BCUT2D eigenvalue weighted by Gasteiger charge is -2.23. The fourth-order valence-corrected chi connectivity index (χ4v) is 1.35. The lowest BCUT2D eigenvalue weighted by Crippen LogP contribution is -2.38. The number of aryl methyl sites for hydroxylation is 1. The molecule has 1 heterocycles. The van der Waals surface area contributed by atoms with Crippen molar-refractivity contribution in [3.8, 4) is 0 Å². The minimum absolute atomic E-state index is 0.372. The zero-order valence-corrected chi connectivity index (χ0v) is 10.9. The predicted molar refractivity (Wildman–Crippen MR) is 66.4 cm³/mol. The summed E-state index contributed by atoms with van der Waals surface area (Å²) in [5, 5.41) is 3.08. The van der Waals surface area contributed by atoms with E-state index >= 15 is 0 Å². The molecule has 0 aliphatic rings. The molecule has 0 fully saturated rings. The second kappa shape index (κ2) is 4.41. The summed E-state index contributed by atoms with van der Waals surface area (Å²) in [6, 6.07) is 3.77. The van der Waals surface area contributed by atoms with Crippen molar-refractivity contribution in [1.29, 1.82) is 0 Å². The van der Waals surface area contributed by atoms with Crippen molar-refractivity contribution in [2.45, 2.75) is 25.5 Å². The summed E-state index contributed by atoms with van der Waals surface area (Å²) in [4.78, 5) is 4.13. The number of hydrogen-bond donors (Lipinski definition) is 1. The lowest BCUT2D eigenvalue weighted by atomic mass is 10.2. The first-order valence-corrected chi connectivity index (χ1v) is 6.98. The van der Waals surface area contributed by atoms with E-state index in [4.69, 9.17) is 0 Å². The molecule has 0 aliphatic carbocycles. The maximum absolute atomic E-state index is 11.5. The third kappa shape index (κ3) is 3.20. The maximum atomic E-state index is 11.5. The van der Waals surface area contributed by atoms with Gasteiger partial charge in [0.25, 0.3) is 0 Å². The van der Waals surface area contributed by atoms with Crippen molar-refractivity contribution in [2.24, 2.45) is 0 Å². The van der Waals surface area contributed by atoms with Gasteiger partial charge < -0.3 is 5.32 Å². The normalized spacial score (nSPS) is 12.5. The molecule has 0 spiro atoms. The van der Waals surface area contributed by atoms with E-state index in [0.717, 1.165) is 11.4 Å². The highest BCUT2D eigenvalue weighted by Crippen LogP contribution is 2.16. The average molecular weight is 242 g/mol. The summed E-state index contributed by atoms with van der Waals surface area (Å²) < 4.78 is 22.2. The molecule has 1 aromatic rings. The fourth-order valence-electron chi connectivity index (χ4n) is 1.02. The van der Waals surface area contributed by atoms with Crippen LogP contribution in [0.15, 0.2) is 18.3 Å². The molecule has 0 radical (unpaired) electrons. The summed E-state index contributed by atoms with van der Waals surface area (Å²) in [5.41, 5.74) is 1.77. The van der Waals surface area contributed by atoms with Crippen LogP contribution in [0.2, 0.25) is 0 Å². The number of nitrogens with one attached hydrogen (secondary N) is 1. The van der Waals surface area contributed by atoms with Crippen LogP contribution in [0.3, 0.4) is 0 Å². The zero-order chi connectivity index (χ0) is 12.4. The number of sulfone groups is 1. The number of nitrogens with zero attached hydrogens (tertiary/aromatic N) is 1. The van der Waals surface area contributed by atoms with Gasteiger partial charge in [0.1, 0.15) is 0 Å². The van der Waals surface area contributed by atoms with E-state index in [1.165, 1.54) is 6.26 Å². The van der Waals surface area contributed by atoms with E-state index in [1.807, 2.05) is 19.1 Å². The topological polar surface area (TPSA) is 59.1 Å². The van der Waals surface area contributed by atoms with E-state index in [9.17, 15) is 8.42 Å². The first-order valence-electron chi connectivity index (χ1n) is 5.08. The van der Waals surface area contributed by atoms with Crippen molar-refractivity contribution >= 4 is 15.5 Å². The quantitative estimate of drug-likeness (QED) is 0.871. The van der Waals surface area contributed by atoms with Crippen molar-refractivity contribution in [1.82, 2.24) is 4.98 Å². The molecule has 0 saturated carbocycles. The van der Waals surface area contributed by atoms with Gasteiger partial charge >= 0.3 is 0 Å². The maximum Gasteiger partial charge on any atom is 0.154 e. The Morgan fingerprint density at radius 1 is 1.38 bits per heavy atom. The average Bonchev–Trinajstić information content (AvgIpc) is 2.15. The molecule has 0 aromatic carbocycles. The summed E-state index contributed by atoms with van der Waals surface area (Å²) in [6.07, 6.45) is 2.95. The Balaban J connectivity index is 2.68. The lowest BCUT2D eigenvalue weighted by molar-refractivity contribution is 0.560. The van der Waals surface area contributed by atoms with Crippen LogP contribution in [-0.2, 0) is 9.84 Å². The molecule has 1 rings (SSSR count). The van der Waals surface area contributed by atoms with Gasteiger partial charge in [-0.05, 0) is 32.9 Å². The Kier molecular flexibility index (Phi) is 3.57. The SMILES string of the molecule is Cc1ccc(NCC(C)(C)S(C)(=O)=O)cn1. The van der Waals surface area contributed by atoms with Crippen molar-refractivity contribution in [3.05, 3.63) is 24.0 Å². The van der Waals surface area contributed by atoms with E-state index in [0.29, 0.717) is 6.54 Å². The Labute approximate surface area is 97.0 Å². The first kappa shape index (κ1) is 13.0. The zero-order valence-electron chi connectivity index (χ0n) is 10.1. The first-order chi connectivity index (χ1) is 7.22. The standard InChI is InChI=1S/C11H18N2O2S/c1-9-5-6-10(7-12-9)13-8-11(2,3)16(4,14)15/h5-7,13H,8H2,1-4H3. The van der Waals surface area contributed by atoms with Crippen LogP contribution in [0.25, 0.3) is 0 Å². The minimum atomic E-state index is -3.06. The number of aromatic nitrogens is 1. The van der Waals surface area contributed by atoms with E-state index < -0.39 is 14.6 Å². The third-order valence-electron chi connectivity index (χ3n) is 2.63. The molecule has 1 N–H and O–H groups in total. The molecule has 0 bridgehead atoms. The van der Waals surface area contributed by atoms with Gasteiger partial charge in [-0.3, -0.25) is 4.98 Å². The Hall–Kier alpha value is -1.10. The van der Waals surface area contributed by atoms with Crippen LogP contribution >= 0.6 is 0 Å². The van der Waals surface area contributed by atoms with Gasteiger partial charge in [-0.2, -0.15) is 0 Å². The summed E-state index contributed by atoms with van der Waals surface area (Å²) in [7, 11) is -3.06. The van der Waals surface area contributed by atoms with Crippen molar-refractivity contribution in [2.75, 3.05) is 18.1 Å². The van der Waals surface area contributed by atoms with Crippen LogP contribution in [0.4, 0.5) is 5.69 Å². The number of anilines is 1. The minimum Gasteiger partial charge on any atom is -0.382 e. The molecular formula is C11H18N2O2S. The van der Waals surface area contributed by atoms with Crippen LogP contribution in [0.1, 0.15) is 19.5 Å². The second-order valence-electron chi connectivity index (χ2n) is 4.57. The van der Waals surface area contributed by atoms with Crippen molar-refractivity contribution < 1.29 is 8.42 Å². The van der Waals surface area contributed by atoms with E-state index in [2.05, 4.69) is 10.3 Å². The number of hydrogen-bond acceptors (Lipinski definition) is 4. The Morgan fingerprint density at radius 2 is 2.00 bits per heavy atom. The molecule has 0 aliphatic heterocycles. The van der Waals surface area contributed by atoms with Gasteiger partial charge in [-0.15, -0.1) is 0 Å². The van der Waals surface area contributed by atoms with Crippen LogP contribution in [0.5, 0.6) is 0 Å². The smallest absolute Gasteiger partial charge is 0.154 e. The molecule has 0 amide bonds. The second-order valence-corrected chi connectivity index (χ2v) is 7.22. The highest BCUT2D eigenvalue weighted by Gasteiger charge is 2.29. The summed E-state index contributed by atoms with van der Waals surface area (Å²) in [6.45, 7) is 5.69. The van der Waals surface area contributed by atoms with E-state index in [1.54, 1.807) is 20.0 Å².